The van der Waals surface area contributed by atoms with Gasteiger partial charge in [0.05, 0.1) is 0 Å². The van der Waals surface area contributed by atoms with E-state index in [0.29, 0.717) is 5.92 Å². The van der Waals surface area contributed by atoms with Gasteiger partial charge in [-0.05, 0) is 17.9 Å². The van der Waals surface area contributed by atoms with Gasteiger partial charge in [-0.25, -0.2) is 4.39 Å². The molecule has 0 radical (unpaired) electrons. The standard InChI is InChI=1S/C8H13FO/c1-6(2)7(3)4-8(9)5-10/h4-7H,1-3H3/b8-4+/t7-/m1/s1. The second-order valence-corrected chi connectivity index (χ2v) is 2.77. The van der Waals surface area contributed by atoms with Crippen LogP contribution in [0.25, 0.3) is 0 Å². The van der Waals surface area contributed by atoms with E-state index >= 15 is 0 Å². The van der Waals surface area contributed by atoms with Crippen LogP contribution < -0.4 is 0 Å². The summed E-state index contributed by atoms with van der Waals surface area (Å²) in [6, 6.07) is 0. The number of halogens is 1. The monoisotopic (exact) mass is 144 g/mol. The first-order valence-corrected chi connectivity index (χ1v) is 3.40. The van der Waals surface area contributed by atoms with Gasteiger partial charge in [-0.1, -0.05) is 20.8 Å². The number of hydrogen-bond acceptors (Lipinski definition) is 1. The molecule has 0 bridgehead atoms. The molecule has 2 heteroatoms. The zero-order chi connectivity index (χ0) is 8.15. The molecule has 0 aromatic rings. The first-order chi connectivity index (χ1) is 4.57. The van der Waals surface area contributed by atoms with Crippen LogP contribution in [-0.4, -0.2) is 6.29 Å². The molecular weight excluding hydrogens is 131 g/mol. The molecule has 0 N–H and O–H groups in total. The molecule has 0 amide bonds. The molecule has 0 saturated carbocycles. The van der Waals surface area contributed by atoms with Crippen LogP contribution in [0.5, 0.6) is 0 Å². The fourth-order valence-electron chi connectivity index (χ4n) is 0.483. The van der Waals surface area contributed by atoms with E-state index in [1.807, 2.05) is 20.8 Å². The Hall–Kier alpha value is -0.660. The lowest BCUT2D eigenvalue weighted by molar-refractivity contribution is -0.106. The second-order valence-electron chi connectivity index (χ2n) is 2.77. The lowest BCUT2D eigenvalue weighted by Gasteiger charge is -2.08. The van der Waals surface area contributed by atoms with Crippen LogP contribution in [-0.2, 0) is 4.79 Å². The van der Waals surface area contributed by atoms with Crippen molar-refractivity contribution in [2.75, 3.05) is 0 Å². The van der Waals surface area contributed by atoms with Crippen molar-refractivity contribution in [3.05, 3.63) is 11.9 Å². The molecule has 0 heterocycles. The maximum atomic E-state index is 12.2. The van der Waals surface area contributed by atoms with Gasteiger partial charge >= 0.3 is 0 Å². The lowest BCUT2D eigenvalue weighted by atomic mass is 9.98. The molecule has 0 saturated heterocycles. The highest BCUT2D eigenvalue weighted by Crippen LogP contribution is 2.12. The Kier molecular flexibility index (Phi) is 3.93. The topological polar surface area (TPSA) is 17.1 Å². The largest absolute Gasteiger partial charge is 0.295 e. The Morgan fingerprint density at radius 1 is 1.40 bits per heavy atom. The van der Waals surface area contributed by atoms with Gasteiger partial charge < -0.3 is 0 Å². The van der Waals surface area contributed by atoms with Crippen molar-refractivity contribution >= 4 is 6.29 Å². The van der Waals surface area contributed by atoms with Crippen molar-refractivity contribution in [1.29, 1.82) is 0 Å². The summed E-state index contributed by atoms with van der Waals surface area (Å²) in [5.41, 5.74) is 0. The van der Waals surface area contributed by atoms with Crippen LogP contribution in [0.1, 0.15) is 20.8 Å². The third-order valence-corrected chi connectivity index (χ3v) is 1.59. The number of carbonyl (C=O) groups is 1. The highest BCUT2D eigenvalue weighted by molar-refractivity contribution is 5.69. The zero-order valence-electron chi connectivity index (χ0n) is 6.60. The maximum absolute atomic E-state index is 12.2. The number of aldehydes is 1. The van der Waals surface area contributed by atoms with E-state index in [2.05, 4.69) is 0 Å². The fraction of sp³-hybridized carbons (Fsp3) is 0.625. The Labute approximate surface area is 60.9 Å². The molecule has 0 aliphatic rings. The minimum Gasteiger partial charge on any atom is -0.295 e. The van der Waals surface area contributed by atoms with Gasteiger partial charge in [-0.15, -0.1) is 0 Å². The molecular formula is C8H13FO. The predicted octanol–water partition coefficient (Wildman–Crippen LogP) is 2.33. The summed E-state index contributed by atoms with van der Waals surface area (Å²) in [6.45, 7) is 5.85. The summed E-state index contributed by atoms with van der Waals surface area (Å²) in [7, 11) is 0. The molecule has 10 heavy (non-hydrogen) atoms. The van der Waals surface area contributed by atoms with Gasteiger partial charge in [0.1, 0.15) is 0 Å². The number of rotatable bonds is 3. The van der Waals surface area contributed by atoms with Crippen LogP contribution in [0, 0.1) is 11.8 Å². The van der Waals surface area contributed by atoms with Crippen LogP contribution in [0.15, 0.2) is 11.9 Å². The second kappa shape index (κ2) is 4.20. The number of allylic oxidation sites excluding steroid dienone is 2. The van der Waals surface area contributed by atoms with E-state index < -0.39 is 5.83 Å². The molecule has 58 valence electrons. The minimum atomic E-state index is -0.666. The maximum Gasteiger partial charge on any atom is 0.178 e. The van der Waals surface area contributed by atoms with Gasteiger partial charge in [0.2, 0.25) is 0 Å². The Morgan fingerprint density at radius 2 is 1.90 bits per heavy atom. The van der Waals surface area contributed by atoms with E-state index in [4.69, 9.17) is 0 Å². The summed E-state index contributed by atoms with van der Waals surface area (Å²) in [4.78, 5) is 9.82. The third-order valence-electron chi connectivity index (χ3n) is 1.59. The molecule has 1 atom stereocenters. The van der Waals surface area contributed by atoms with Crippen LogP contribution in [0.4, 0.5) is 4.39 Å². The van der Waals surface area contributed by atoms with Gasteiger partial charge in [0.15, 0.2) is 12.1 Å². The highest BCUT2D eigenvalue weighted by Gasteiger charge is 2.04. The SMILES string of the molecule is CC(C)[C@H](C)/C=C(/F)C=O. The molecule has 0 aliphatic carbocycles. The molecule has 0 spiro atoms. The fourth-order valence-corrected chi connectivity index (χ4v) is 0.483. The molecule has 0 rings (SSSR count). The molecule has 0 aromatic heterocycles. The van der Waals surface area contributed by atoms with Crippen LogP contribution in [0.2, 0.25) is 0 Å². The van der Waals surface area contributed by atoms with Crippen LogP contribution in [0.3, 0.4) is 0 Å². The number of carbonyl (C=O) groups excluding carboxylic acids is 1. The summed E-state index contributed by atoms with van der Waals surface area (Å²) in [5, 5.41) is 0. The first-order valence-electron chi connectivity index (χ1n) is 3.40. The molecule has 1 nitrogen and oxygen atoms in total. The van der Waals surface area contributed by atoms with Crippen molar-refractivity contribution in [2.45, 2.75) is 20.8 Å². The predicted molar refractivity (Wildman–Crippen MR) is 39.3 cm³/mol. The van der Waals surface area contributed by atoms with Gasteiger partial charge in [0, 0.05) is 0 Å². The number of hydrogen-bond donors (Lipinski definition) is 0. The summed E-state index contributed by atoms with van der Waals surface area (Å²) in [6.07, 6.45) is 1.58. The van der Waals surface area contributed by atoms with E-state index in [0.717, 1.165) is 0 Å². The Morgan fingerprint density at radius 3 is 2.20 bits per heavy atom. The lowest BCUT2D eigenvalue weighted by Crippen LogP contribution is -2.00. The zero-order valence-corrected chi connectivity index (χ0v) is 6.60. The normalized spacial score (nSPS) is 15.5. The Balaban J connectivity index is 3.98. The smallest absolute Gasteiger partial charge is 0.178 e. The van der Waals surface area contributed by atoms with E-state index in [1.165, 1.54) is 6.08 Å². The van der Waals surface area contributed by atoms with Gasteiger partial charge in [-0.3, -0.25) is 4.79 Å². The van der Waals surface area contributed by atoms with Crippen molar-refractivity contribution in [3.8, 4) is 0 Å². The highest BCUT2D eigenvalue weighted by atomic mass is 19.1. The first kappa shape index (κ1) is 9.34. The van der Waals surface area contributed by atoms with E-state index in [9.17, 15) is 9.18 Å². The van der Waals surface area contributed by atoms with Crippen molar-refractivity contribution in [1.82, 2.24) is 0 Å². The van der Waals surface area contributed by atoms with Gasteiger partial charge in [0.25, 0.3) is 0 Å². The summed E-state index contributed by atoms with van der Waals surface area (Å²) < 4.78 is 12.2. The van der Waals surface area contributed by atoms with Crippen molar-refractivity contribution in [3.63, 3.8) is 0 Å². The molecule has 0 aromatic carbocycles. The average molecular weight is 144 g/mol. The Bertz CT molecular complexity index is 138. The van der Waals surface area contributed by atoms with Crippen molar-refractivity contribution < 1.29 is 9.18 Å². The minimum absolute atomic E-state index is 0.130. The van der Waals surface area contributed by atoms with E-state index in [1.54, 1.807) is 0 Å². The van der Waals surface area contributed by atoms with E-state index in [-0.39, 0.29) is 12.2 Å². The molecule has 0 fully saturated rings. The summed E-state index contributed by atoms with van der Waals surface area (Å²) in [5.74, 6) is -0.155. The third kappa shape index (κ3) is 3.38. The quantitative estimate of drug-likeness (QED) is 0.439. The van der Waals surface area contributed by atoms with Crippen LogP contribution >= 0.6 is 0 Å². The average Bonchev–Trinajstić information content (AvgIpc) is 1.87. The summed E-state index contributed by atoms with van der Waals surface area (Å²) >= 11 is 0. The molecule has 0 unspecified atom stereocenters. The molecule has 0 aliphatic heterocycles. The van der Waals surface area contributed by atoms with Gasteiger partial charge in [-0.2, -0.15) is 0 Å². The van der Waals surface area contributed by atoms with Crippen molar-refractivity contribution in [2.24, 2.45) is 11.8 Å².